The van der Waals surface area contributed by atoms with Gasteiger partial charge in [0.2, 0.25) is 0 Å². The Morgan fingerprint density at radius 1 is 0.263 bits per heavy atom. The second kappa shape index (κ2) is 47.7. The van der Waals surface area contributed by atoms with Gasteiger partial charge in [0.15, 0.2) is 0 Å². The maximum atomic E-state index is 8.75. The first-order valence-corrected chi connectivity index (χ1v) is 38.1. The molecule has 0 radical (unpaired) electrons. The molecule has 0 amide bonds. The Morgan fingerprint density at radius 2 is 0.411 bits per heavy atom. The van der Waals surface area contributed by atoms with Crippen LogP contribution in [0.1, 0.15) is 11.1 Å². The average Bonchev–Trinajstić information content (AvgIpc) is 0.909. The van der Waals surface area contributed by atoms with E-state index in [0.29, 0.717) is 5.56 Å². The minimum absolute atomic E-state index is 0. The second-order valence-corrected chi connectivity index (χ2v) is 28.7. The molecule has 13 aromatic rings. The van der Waals surface area contributed by atoms with Crippen LogP contribution in [0.4, 0.5) is 0 Å². The minimum Gasteiger partial charge on any atom is -0.0622 e. The van der Waals surface area contributed by atoms with Crippen molar-refractivity contribution < 1.29 is 70.9 Å². The van der Waals surface area contributed by atoms with E-state index in [9.17, 15) is 0 Å². The van der Waals surface area contributed by atoms with Gasteiger partial charge in [0.1, 0.15) is 6.07 Å². The smallest absolute Gasteiger partial charge is 0 e. The summed E-state index contributed by atoms with van der Waals surface area (Å²) in [6.07, 6.45) is 8.10. The van der Waals surface area contributed by atoms with Crippen molar-refractivity contribution in [3.63, 3.8) is 0 Å². The van der Waals surface area contributed by atoms with E-state index in [-0.39, 0.29) is 82.1 Å². The Hall–Kier alpha value is -6.17. The Bertz CT molecular complexity index is 3470. The first-order valence-electron chi connectivity index (χ1n) is 29.7. The van der Waals surface area contributed by atoms with Gasteiger partial charge >= 0.3 is 33.1 Å². The molecule has 10 heteroatoms. The minimum atomic E-state index is -0.446. The number of terminal acetylenes is 1. The Labute approximate surface area is 649 Å². The fraction of sp³-hybridized carbons (Fsp3) is 0. The molecule has 0 spiro atoms. The fourth-order valence-electron chi connectivity index (χ4n) is 9.61. The Kier molecular flexibility index (Phi) is 39.9. The summed E-state index contributed by atoms with van der Waals surface area (Å²) in [6.45, 7) is 0. The van der Waals surface area contributed by atoms with Crippen LogP contribution in [0.2, 0.25) is 0 Å². The Morgan fingerprint density at radius 3 is 0.558 bits per heavy atom. The SMILES string of the molecule is C#C/C=C\C#Cc1ccccc1C#N.I.[Ar].[Cu][I].[Pd].c1ccc(P(c2ccccc2)c2ccccc2)cc1.c1ccc(P(c2ccccc2)c2ccccc2)cc1.c1ccc(P(c2ccccc2)c2ccccc2)cc1.c1ccc(P(c2ccccc2)c2ccccc2)cc1. The van der Waals surface area contributed by atoms with Gasteiger partial charge in [-0.3, -0.25) is 0 Å². The van der Waals surface area contributed by atoms with Crippen molar-refractivity contribution in [2.75, 3.05) is 0 Å². The first kappa shape index (κ1) is 79.5. The third-order valence-electron chi connectivity index (χ3n) is 13.7. The summed E-state index contributed by atoms with van der Waals surface area (Å²) < 4.78 is 0. The number of rotatable bonds is 12. The zero-order valence-electron chi connectivity index (χ0n) is 51.7. The number of nitriles is 1. The third-order valence-corrected chi connectivity index (χ3v) is 23.5. The monoisotopic (exact) mass is 1690 g/mol. The van der Waals surface area contributed by atoms with Crippen molar-refractivity contribution >= 4 is 140 Å². The fourth-order valence-corrected chi connectivity index (χ4v) is 18.8. The van der Waals surface area contributed by atoms with E-state index in [1.54, 1.807) is 44.6 Å². The van der Waals surface area contributed by atoms with Crippen LogP contribution >= 0.6 is 76.0 Å². The van der Waals surface area contributed by atoms with Gasteiger partial charge in [-0.1, -0.05) is 394 Å². The standard InChI is InChI=1S/4C18H15P.C13H7N.Ar.Cu.2HI.Pd/c4*1-4-10-16(11-5-1)19(17-12-6-2-7-13-17)18-14-8-3-9-15-18;1-2-3-4-5-8-12-9-6-7-10-13(12)11-14;;;;;/h4*1-15H;1,3-4,6-7,9-10H;;;2*1H;/q;;;;;;+1;;;/p-1/b;;;;4-3-;;;;;. The molecule has 1 nitrogen and oxygen atoms in total. The third kappa shape index (κ3) is 26.3. The van der Waals surface area contributed by atoms with E-state index in [2.05, 4.69) is 401 Å². The van der Waals surface area contributed by atoms with Crippen LogP contribution in [0, 0.1) is 73.3 Å². The number of halogens is 2. The van der Waals surface area contributed by atoms with Crippen molar-refractivity contribution in [2.24, 2.45) is 0 Å². The molecule has 0 saturated carbocycles. The predicted molar refractivity (Wildman–Crippen MR) is 426 cm³/mol. The van der Waals surface area contributed by atoms with Gasteiger partial charge in [0, 0.05) is 63.7 Å². The van der Waals surface area contributed by atoms with Crippen molar-refractivity contribution in [1.29, 1.82) is 5.26 Å². The van der Waals surface area contributed by atoms with E-state index in [1.165, 1.54) is 69.7 Å². The van der Waals surface area contributed by atoms with Crippen molar-refractivity contribution in [2.45, 2.75) is 0 Å². The summed E-state index contributed by atoms with van der Waals surface area (Å²) in [6, 6.07) is 139. The summed E-state index contributed by atoms with van der Waals surface area (Å²) in [5.74, 6) is 7.93. The number of hydrogen-bond donors (Lipinski definition) is 0. The van der Waals surface area contributed by atoms with Gasteiger partial charge in [-0.15, -0.1) is 30.4 Å². The van der Waals surface area contributed by atoms with E-state index in [1.807, 2.05) is 6.07 Å². The number of hydrogen-bond acceptors (Lipinski definition) is 1. The molecule has 0 aliphatic carbocycles. The van der Waals surface area contributed by atoms with Crippen molar-refractivity contribution in [3.05, 3.63) is 412 Å². The van der Waals surface area contributed by atoms with E-state index in [4.69, 9.17) is 11.7 Å². The van der Waals surface area contributed by atoms with E-state index >= 15 is 0 Å². The Balaban J connectivity index is 0.000000213. The molecule has 0 atom stereocenters. The molecule has 0 fully saturated rings. The molecule has 0 aliphatic rings. The number of allylic oxidation sites excluding steroid dienone is 2. The summed E-state index contributed by atoms with van der Waals surface area (Å²) in [4.78, 5) is 0. The van der Waals surface area contributed by atoms with Crippen molar-refractivity contribution in [3.8, 4) is 30.3 Å². The van der Waals surface area contributed by atoms with Gasteiger partial charge in [-0.05, 0) is 120 Å². The molecule has 95 heavy (non-hydrogen) atoms. The topological polar surface area (TPSA) is 23.8 Å². The van der Waals surface area contributed by atoms with Crippen LogP contribution in [0.25, 0.3) is 0 Å². The van der Waals surface area contributed by atoms with Crippen LogP contribution in [0.5, 0.6) is 0 Å². The van der Waals surface area contributed by atoms with Crippen LogP contribution in [-0.4, -0.2) is 0 Å². The van der Waals surface area contributed by atoms with Crippen molar-refractivity contribution in [1.82, 2.24) is 0 Å². The molecule has 0 aliphatic heterocycles. The molecular formula is C85H68ArCuI2NP4Pd. The zero-order valence-corrected chi connectivity index (χ0v) is 62.9. The van der Waals surface area contributed by atoms with Crippen LogP contribution in [-0.2, 0) is 33.2 Å². The summed E-state index contributed by atoms with van der Waals surface area (Å²) in [5.41, 5.74) is 1.30. The zero-order chi connectivity index (χ0) is 63.9. The van der Waals surface area contributed by atoms with Gasteiger partial charge in [-0.2, -0.15) is 5.26 Å². The summed E-state index contributed by atoms with van der Waals surface area (Å²) in [7, 11) is -1.78. The average molecular weight is 1690 g/mol. The van der Waals surface area contributed by atoms with Crippen LogP contribution in [0.15, 0.2) is 400 Å². The van der Waals surface area contributed by atoms with Gasteiger partial charge in [0.05, 0.1) is 5.56 Å². The van der Waals surface area contributed by atoms with Crippen LogP contribution in [0.3, 0.4) is 0 Å². The maximum absolute atomic E-state index is 8.75. The quantitative estimate of drug-likeness (QED) is 0.0518. The summed E-state index contributed by atoms with van der Waals surface area (Å²) >= 11 is 5.87. The number of nitrogens with zero attached hydrogens (tertiary/aromatic N) is 1. The molecule has 0 bridgehead atoms. The molecule has 0 heterocycles. The molecule has 0 aromatic heterocycles. The van der Waals surface area contributed by atoms with Gasteiger partial charge in [-0.25, -0.2) is 0 Å². The van der Waals surface area contributed by atoms with E-state index < -0.39 is 31.7 Å². The molecule has 0 saturated heterocycles. The molecule has 13 rings (SSSR count). The predicted octanol–water partition coefficient (Wildman–Crippen LogP) is 17.4. The molecule has 476 valence electrons. The number of benzene rings is 13. The maximum Gasteiger partial charge on any atom is 0 e. The molecule has 0 unspecified atom stereocenters. The second-order valence-electron chi connectivity index (χ2n) is 19.8. The van der Waals surface area contributed by atoms with Gasteiger partial charge in [0.25, 0.3) is 0 Å². The van der Waals surface area contributed by atoms with Gasteiger partial charge < -0.3 is 0 Å². The molecule has 13 aromatic carbocycles. The molecule has 0 N–H and O–H groups in total. The van der Waals surface area contributed by atoms with Crippen LogP contribution < -0.4 is 63.7 Å². The normalized spacial score (nSPS) is 9.78. The van der Waals surface area contributed by atoms with E-state index in [0.717, 1.165) is 5.56 Å². The molecular weight excluding hydrogens is 1620 g/mol. The summed E-state index contributed by atoms with van der Waals surface area (Å²) in [5, 5.41) is 25.5. The first-order chi connectivity index (χ1) is 45.7. The largest absolute Gasteiger partial charge is 0.0622 e.